The monoisotopic (exact) mass is 418 g/mol. The van der Waals surface area contributed by atoms with Crippen molar-refractivity contribution in [1.29, 1.82) is 0 Å². The molecule has 0 saturated carbocycles. The molecule has 0 unspecified atom stereocenters. The van der Waals surface area contributed by atoms with Crippen LogP contribution in [-0.2, 0) is 6.61 Å². The fourth-order valence-corrected chi connectivity index (χ4v) is 3.61. The molecule has 0 fully saturated rings. The summed E-state index contributed by atoms with van der Waals surface area (Å²) < 4.78 is 21.0. The lowest BCUT2D eigenvalue weighted by atomic mass is 10.2. The van der Waals surface area contributed by atoms with Gasteiger partial charge in [0.25, 0.3) is 0 Å². The van der Waals surface area contributed by atoms with Gasteiger partial charge < -0.3 is 4.74 Å². The molecule has 2 aromatic heterocycles. The normalized spacial score (nSPS) is 11.3. The zero-order valence-corrected chi connectivity index (χ0v) is 16.8. The van der Waals surface area contributed by atoms with Crippen molar-refractivity contribution in [3.63, 3.8) is 0 Å². The first-order chi connectivity index (χ1) is 14.6. The largest absolute Gasteiger partial charge is 0.489 e. The van der Waals surface area contributed by atoms with E-state index in [-0.39, 0.29) is 5.82 Å². The van der Waals surface area contributed by atoms with Crippen LogP contribution in [0.4, 0.5) is 4.39 Å². The number of benzene rings is 3. The Hall–Kier alpha value is -3.51. The molecule has 0 N–H and O–H groups in total. The molecule has 30 heavy (non-hydrogen) atoms. The topological polar surface area (TPSA) is 52.3 Å². The summed E-state index contributed by atoms with van der Waals surface area (Å²) >= 11 is 6.44. The molecule has 2 heterocycles. The highest BCUT2D eigenvalue weighted by Crippen LogP contribution is 2.31. The van der Waals surface area contributed by atoms with E-state index < -0.39 is 0 Å². The van der Waals surface area contributed by atoms with Crippen LogP contribution >= 0.6 is 11.6 Å². The van der Waals surface area contributed by atoms with Gasteiger partial charge in [-0.25, -0.2) is 9.37 Å². The van der Waals surface area contributed by atoms with Gasteiger partial charge >= 0.3 is 0 Å². The van der Waals surface area contributed by atoms with E-state index in [1.807, 2.05) is 53.8 Å². The summed E-state index contributed by atoms with van der Waals surface area (Å²) in [6.45, 7) is 2.22. The van der Waals surface area contributed by atoms with Crippen molar-refractivity contribution in [3.05, 3.63) is 88.8 Å². The van der Waals surface area contributed by atoms with E-state index in [1.54, 1.807) is 12.1 Å². The number of hydrogen-bond donors (Lipinski definition) is 0. The van der Waals surface area contributed by atoms with Gasteiger partial charge in [-0.1, -0.05) is 35.9 Å². The molecule has 0 atom stereocenters. The molecule has 0 amide bonds. The lowest BCUT2D eigenvalue weighted by Gasteiger charge is -2.10. The summed E-state index contributed by atoms with van der Waals surface area (Å²) in [6, 6.07) is 19.4. The zero-order chi connectivity index (χ0) is 20.7. The van der Waals surface area contributed by atoms with E-state index in [2.05, 4.69) is 10.2 Å². The number of ether oxygens (including phenoxy) is 1. The van der Waals surface area contributed by atoms with Crippen LogP contribution in [-0.4, -0.2) is 19.6 Å². The Balaban J connectivity index is 1.62. The van der Waals surface area contributed by atoms with Gasteiger partial charge in [0, 0.05) is 11.6 Å². The molecule has 5 nitrogen and oxygen atoms in total. The van der Waals surface area contributed by atoms with E-state index in [9.17, 15) is 4.39 Å². The lowest BCUT2D eigenvalue weighted by molar-refractivity contribution is 0.306. The van der Waals surface area contributed by atoms with Gasteiger partial charge in [-0.2, -0.15) is 0 Å². The fraction of sp³-hybridized carbons (Fsp3) is 0.0870. The highest BCUT2D eigenvalue weighted by Gasteiger charge is 2.17. The van der Waals surface area contributed by atoms with Gasteiger partial charge in [0.2, 0.25) is 0 Å². The number of rotatable bonds is 4. The second-order valence-electron chi connectivity index (χ2n) is 6.93. The van der Waals surface area contributed by atoms with Crippen LogP contribution in [0.2, 0.25) is 5.02 Å². The Morgan fingerprint density at radius 3 is 2.60 bits per heavy atom. The van der Waals surface area contributed by atoms with Crippen LogP contribution in [0, 0.1) is 12.7 Å². The van der Waals surface area contributed by atoms with E-state index in [0.29, 0.717) is 34.4 Å². The zero-order valence-electron chi connectivity index (χ0n) is 16.0. The second-order valence-corrected chi connectivity index (χ2v) is 7.33. The van der Waals surface area contributed by atoms with E-state index in [1.165, 1.54) is 12.1 Å². The average molecular weight is 419 g/mol. The summed E-state index contributed by atoms with van der Waals surface area (Å²) in [5, 5.41) is 9.28. The maximum atomic E-state index is 13.1. The minimum Gasteiger partial charge on any atom is -0.489 e. The van der Waals surface area contributed by atoms with Gasteiger partial charge in [-0.3, -0.25) is 4.40 Å². The van der Waals surface area contributed by atoms with Crippen molar-refractivity contribution in [2.24, 2.45) is 0 Å². The standard InChI is InChI=1S/C23H16ClFN4O/c1-14-22-28-27-20-11-10-17(30-13-15-6-8-16(25)9-7-15)12-21(20)29(22)23(26-14)18-4-2-3-5-19(18)24/h2-12H,13H2,1H3. The molecule has 0 spiro atoms. The third-order valence-corrected chi connectivity index (χ3v) is 5.22. The fourth-order valence-electron chi connectivity index (χ4n) is 3.39. The Morgan fingerprint density at radius 1 is 1.00 bits per heavy atom. The Labute approximate surface area is 176 Å². The predicted octanol–water partition coefficient (Wildman–Crippen LogP) is 5.62. The molecule has 5 rings (SSSR count). The highest BCUT2D eigenvalue weighted by atomic mass is 35.5. The van der Waals surface area contributed by atoms with Crippen molar-refractivity contribution in [1.82, 2.24) is 19.6 Å². The quantitative estimate of drug-likeness (QED) is 0.380. The van der Waals surface area contributed by atoms with Crippen molar-refractivity contribution in [2.45, 2.75) is 13.5 Å². The Morgan fingerprint density at radius 2 is 1.80 bits per heavy atom. The summed E-state index contributed by atoms with van der Waals surface area (Å²) in [4.78, 5) is 4.70. The third kappa shape index (κ3) is 3.25. The van der Waals surface area contributed by atoms with Gasteiger partial charge in [0.15, 0.2) is 5.65 Å². The minimum absolute atomic E-state index is 0.270. The van der Waals surface area contributed by atoms with Gasteiger partial charge in [0.05, 0.1) is 16.2 Å². The molecule has 0 radical (unpaired) electrons. The SMILES string of the molecule is Cc1nc(-c2ccccc2Cl)n2c1nnc1ccc(OCc3ccc(F)cc3)cc12. The van der Waals surface area contributed by atoms with Crippen LogP contribution in [0.25, 0.3) is 28.1 Å². The number of fused-ring (bicyclic) bond motifs is 3. The highest BCUT2D eigenvalue weighted by molar-refractivity contribution is 6.33. The smallest absolute Gasteiger partial charge is 0.183 e. The summed E-state index contributed by atoms with van der Waals surface area (Å²) in [5.41, 5.74) is 4.64. The van der Waals surface area contributed by atoms with Crippen molar-refractivity contribution in [2.75, 3.05) is 0 Å². The molecular weight excluding hydrogens is 403 g/mol. The molecule has 3 aromatic carbocycles. The number of aromatic nitrogens is 4. The van der Waals surface area contributed by atoms with E-state index >= 15 is 0 Å². The van der Waals surface area contributed by atoms with E-state index in [0.717, 1.165) is 22.3 Å². The van der Waals surface area contributed by atoms with Crippen LogP contribution in [0.15, 0.2) is 66.7 Å². The van der Waals surface area contributed by atoms with Crippen LogP contribution in [0.5, 0.6) is 5.75 Å². The maximum absolute atomic E-state index is 13.1. The lowest BCUT2D eigenvalue weighted by Crippen LogP contribution is -2.00. The molecule has 148 valence electrons. The summed E-state index contributed by atoms with van der Waals surface area (Å²) in [6.07, 6.45) is 0. The first kappa shape index (κ1) is 18.5. The number of imidazole rings is 1. The van der Waals surface area contributed by atoms with Crippen molar-refractivity contribution >= 4 is 28.3 Å². The minimum atomic E-state index is -0.270. The number of halogens is 2. The number of nitrogens with zero attached hydrogens (tertiary/aromatic N) is 4. The van der Waals surface area contributed by atoms with E-state index in [4.69, 9.17) is 21.3 Å². The van der Waals surface area contributed by atoms with Crippen molar-refractivity contribution < 1.29 is 9.13 Å². The molecule has 0 aliphatic carbocycles. The van der Waals surface area contributed by atoms with Crippen LogP contribution < -0.4 is 4.74 Å². The van der Waals surface area contributed by atoms with Gasteiger partial charge in [0.1, 0.15) is 29.5 Å². The molecule has 7 heteroatoms. The predicted molar refractivity (Wildman–Crippen MR) is 114 cm³/mol. The third-order valence-electron chi connectivity index (χ3n) is 4.89. The van der Waals surface area contributed by atoms with Crippen LogP contribution in [0.3, 0.4) is 0 Å². The summed E-state index contributed by atoms with van der Waals surface area (Å²) in [5.74, 6) is 1.09. The Bertz CT molecular complexity index is 1380. The first-order valence-electron chi connectivity index (χ1n) is 9.38. The number of aryl methyl sites for hydroxylation is 1. The molecular formula is C23H16ClFN4O. The maximum Gasteiger partial charge on any atom is 0.183 e. The summed E-state index contributed by atoms with van der Waals surface area (Å²) in [7, 11) is 0. The number of hydrogen-bond acceptors (Lipinski definition) is 4. The molecule has 0 aliphatic heterocycles. The van der Waals surface area contributed by atoms with Crippen LogP contribution in [0.1, 0.15) is 11.3 Å². The molecule has 0 aliphatic rings. The average Bonchev–Trinajstić information content (AvgIpc) is 3.10. The molecule has 0 saturated heterocycles. The molecule has 5 aromatic rings. The van der Waals surface area contributed by atoms with Gasteiger partial charge in [-0.15, -0.1) is 10.2 Å². The van der Waals surface area contributed by atoms with Gasteiger partial charge in [-0.05, 0) is 48.9 Å². The second kappa shape index (κ2) is 7.39. The molecule has 0 bridgehead atoms. The first-order valence-corrected chi connectivity index (χ1v) is 9.75. The Kier molecular flexibility index (Phi) is 4.56. The van der Waals surface area contributed by atoms with Crippen molar-refractivity contribution in [3.8, 4) is 17.1 Å².